The third-order valence-corrected chi connectivity index (χ3v) is 6.11. The van der Waals surface area contributed by atoms with Crippen LogP contribution in [0.25, 0.3) is 0 Å². The summed E-state index contributed by atoms with van der Waals surface area (Å²) in [4.78, 5) is 24.6. The van der Waals surface area contributed by atoms with E-state index in [1.807, 2.05) is 24.3 Å². The molecule has 1 aliphatic carbocycles. The largest absolute Gasteiger partial charge is 0.490 e. The number of benzene rings is 3. The summed E-state index contributed by atoms with van der Waals surface area (Å²) in [6, 6.07) is 21.2. The molecule has 0 radical (unpaired) electrons. The lowest BCUT2D eigenvalue weighted by molar-refractivity contribution is 0.0602. The Morgan fingerprint density at radius 2 is 1.31 bits per heavy atom. The minimum Gasteiger partial charge on any atom is -0.490 e. The molecule has 6 heteroatoms. The van der Waals surface area contributed by atoms with E-state index in [4.69, 9.17) is 14.2 Å². The number of hydrogen-bond donors (Lipinski definition) is 1. The van der Waals surface area contributed by atoms with E-state index in [1.165, 1.54) is 39.2 Å². The summed E-state index contributed by atoms with van der Waals surface area (Å²) >= 11 is 0. The molecule has 182 valence electrons. The molecule has 1 amide bonds. The fourth-order valence-electron chi connectivity index (χ4n) is 4.20. The van der Waals surface area contributed by atoms with Crippen molar-refractivity contribution in [1.82, 2.24) is 0 Å². The molecule has 0 heterocycles. The Hall–Kier alpha value is -3.80. The molecule has 0 aliphatic heterocycles. The molecule has 1 aliphatic rings. The third kappa shape index (κ3) is 6.85. The average molecular weight is 474 g/mol. The van der Waals surface area contributed by atoms with Crippen LogP contribution in [0.15, 0.2) is 72.8 Å². The Morgan fingerprint density at radius 1 is 0.743 bits per heavy atom. The molecule has 0 bridgehead atoms. The van der Waals surface area contributed by atoms with Crippen molar-refractivity contribution in [2.24, 2.45) is 0 Å². The van der Waals surface area contributed by atoms with Gasteiger partial charge in [0, 0.05) is 5.56 Å². The summed E-state index contributed by atoms with van der Waals surface area (Å²) in [5.41, 5.74) is 1.14. The molecule has 4 rings (SSSR count). The van der Waals surface area contributed by atoms with Gasteiger partial charge in [0.2, 0.25) is 0 Å². The first-order valence-corrected chi connectivity index (χ1v) is 12.2. The zero-order chi connectivity index (χ0) is 24.5. The molecule has 3 aromatic rings. The molecule has 3 aromatic carbocycles. The van der Waals surface area contributed by atoms with E-state index in [0.717, 1.165) is 18.6 Å². The average Bonchev–Trinajstić information content (AvgIpc) is 2.87. The van der Waals surface area contributed by atoms with Crippen molar-refractivity contribution in [2.45, 2.75) is 51.0 Å². The summed E-state index contributed by atoms with van der Waals surface area (Å²) in [5, 5.41) is 2.76. The van der Waals surface area contributed by atoms with Crippen LogP contribution in [-0.4, -0.2) is 25.1 Å². The molecule has 1 N–H and O–H groups in total. The molecule has 6 nitrogen and oxygen atoms in total. The lowest BCUT2D eigenvalue weighted by atomic mass is 9.98. The van der Waals surface area contributed by atoms with Gasteiger partial charge in [0.1, 0.15) is 17.2 Å². The van der Waals surface area contributed by atoms with Crippen molar-refractivity contribution in [3.63, 3.8) is 0 Å². The Kier molecular flexibility index (Phi) is 8.39. The predicted molar refractivity (Wildman–Crippen MR) is 135 cm³/mol. The molecule has 1 fully saturated rings. The van der Waals surface area contributed by atoms with E-state index in [9.17, 15) is 9.59 Å². The van der Waals surface area contributed by atoms with Crippen molar-refractivity contribution >= 4 is 17.6 Å². The third-order valence-electron chi connectivity index (χ3n) is 6.11. The van der Waals surface area contributed by atoms with Gasteiger partial charge in [-0.25, -0.2) is 4.79 Å². The monoisotopic (exact) mass is 473 g/mol. The summed E-state index contributed by atoms with van der Waals surface area (Å²) in [6.07, 6.45) is 8.93. The minimum absolute atomic E-state index is 0.292. The summed E-state index contributed by atoms with van der Waals surface area (Å²) in [7, 11) is 1.30. The first-order valence-electron chi connectivity index (χ1n) is 12.2. The number of carbonyl (C=O) groups excluding carboxylic acids is 2. The second-order valence-corrected chi connectivity index (χ2v) is 8.67. The van der Waals surface area contributed by atoms with Crippen molar-refractivity contribution in [2.75, 3.05) is 12.4 Å². The number of anilines is 1. The van der Waals surface area contributed by atoms with Gasteiger partial charge in [-0.05, 0) is 86.3 Å². The Labute approximate surface area is 206 Å². The zero-order valence-corrected chi connectivity index (χ0v) is 20.0. The van der Waals surface area contributed by atoms with Gasteiger partial charge >= 0.3 is 5.97 Å². The minimum atomic E-state index is -0.509. The van der Waals surface area contributed by atoms with E-state index in [-0.39, 0.29) is 5.91 Å². The highest BCUT2D eigenvalue weighted by Gasteiger charge is 2.15. The smallest absolute Gasteiger partial charge is 0.339 e. The van der Waals surface area contributed by atoms with Crippen molar-refractivity contribution < 1.29 is 23.8 Å². The van der Waals surface area contributed by atoms with Crippen LogP contribution in [0, 0.1) is 0 Å². The second kappa shape index (κ2) is 12.1. The van der Waals surface area contributed by atoms with Gasteiger partial charge in [0.15, 0.2) is 0 Å². The van der Waals surface area contributed by atoms with E-state index in [2.05, 4.69) is 5.32 Å². The highest BCUT2D eigenvalue weighted by Crippen LogP contribution is 2.27. The lowest BCUT2D eigenvalue weighted by Crippen LogP contribution is -2.17. The van der Waals surface area contributed by atoms with Crippen LogP contribution in [-0.2, 0) is 4.74 Å². The summed E-state index contributed by atoms with van der Waals surface area (Å²) in [6.45, 7) is 0. The SMILES string of the molecule is COC(=O)c1ccccc1NC(=O)c1ccc(Oc2ccc(OC3CCCCCCC3)cc2)cc1. The lowest BCUT2D eigenvalue weighted by Gasteiger charge is -2.21. The van der Waals surface area contributed by atoms with Crippen LogP contribution in [0.1, 0.15) is 65.7 Å². The van der Waals surface area contributed by atoms with Gasteiger partial charge in [0.25, 0.3) is 5.91 Å². The molecule has 1 saturated carbocycles. The standard InChI is InChI=1S/C29H31NO5/c1-33-29(32)26-11-7-8-12-27(26)30-28(31)21-13-15-23(16-14-21)35-25-19-17-24(18-20-25)34-22-9-5-3-2-4-6-10-22/h7-8,11-20,22H,2-6,9-10H2,1H3,(H,30,31). The molecule has 0 spiro atoms. The number of methoxy groups -OCH3 is 1. The fourth-order valence-corrected chi connectivity index (χ4v) is 4.20. The number of ether oxygens (including phenoxy) is 3. The number of nitrogens with one attached hydrogen (secondary N) is 1. The predicted octanol–water partition coefficient (Wildman–Crippen LogP) is 7.01. The molecule has 35 heavy (non-hydrogen) atoms. The molecule has 0 atom stereocenters. The van der Waals surface area contributed by atoms with E-state index in [0.29, 0.717) is 34.4 Å². The first-order chi connectivity index (χ1) is 17.1. The molecular weight excluding hydrogens is 442 g/mol. The van der Waals surface area contributed by atoms with Gasteiger partial charge in [-0.3, -0.25) is 4.79 Å². The number of amides is 1. The van der Waals surface area contributed by atoms with E-state index in [1.54, 1.807) is 48.5 Å². The number of esters is 1. The van der Waals surface area contributed by atoms with Gasteiger partial charge in [-0.2, -0.15) is 0 Å². The number of hydrogen-bond acceptors (Lipinski definition) is 5. The van der Waals surface area contributed by atoms with Gasteiger partial charge in [-0.1, -0.05) is 31.4 Å². The number of rotatable bonds is 7. The van der Waals surface area contributed by atoms with Gasteiger partial charge in [-0.15, -0.1) is 0 Å². The van der Waals surface area contributed by atoms with Crippen LogP contribution >= 0.6 is 0 Å². The number of para-hydroxylation sites is 1. The molecule has 0 aromatic heterocycles. The highest BCUT2D eigenvalue weighted by molar-refractivity contribution is 6.08. The molecule has 0 unspecified atom stereocenters. The zero-order valence-electron chi connectivity index (χ0n) is 20.0. The van der Waals surface area contributed by atoms with Crippen molar-refractivity contribution in [3.8, 4) is 17.2 Å². The van der Waals surface area contributed by atoms with Gasteiger partial charge in [0.05, 0.1) is 24.5 Å². The molecule has 0 saturated heterocycles. The number of carbonyl (C=O) groups is 2. The first kappa shape index (κ1) is 24.3. The maximum atomic E-state index is 12.7. The fraction of sp³-hybridized carbons (Fsp3) is 0.310. The normalized spacial score (nSPS) is 14.3. The van der Waals surface area contributed by atoms with Gasteiger partial charge < -0.3 is 19.5 Å². The highest BCUT2D eigenvalue weighted by atomic mass is 16.5. The van der Waals surface area contributed by atoms with Crippen molar-refractivity contribution in [3.05, 3.63) is 83.9 Å². The quantitative estimate of drug-likeness (QED) is 0.374. The van der Waals surface area contributed by atoms with E-state index >= 15 is 0 Å². The molecular formula is C29H31NO5. The van der Waals surface area contributed by atoms with Crippen LogP contribution in [0.4, 0.5) is 5.69 Å². The second-order valence-electron chi connectivity index (χ2n) is 8.67. The topological polar surface area (TPSA) is 73.9 Å². The van der Waals surface area contributed by atoms with Crippen molar-refractivity contribution in [1.29, 1.82) is 0 Å². The van der Waals surface area contributed by atoms with Crippen LogP contribution in [0.2, 0.25) is 0 Å². The maximum Gasteiger partial charge on any atom is 0.339 e. The Morgan fingerprint density at radius 3 is 1.97 bits per heavy atom. The van der Waals surface area contributed by atoms with Crippen LogP contribution in [0.3, 0.4) is 0 Å². The Bertz CT molecular complexity index is 1120. The van der Waals surface area contributed by atoms with Crippen LogP contribution < -0.4 is 14.8 Å². The Balaban J connectivity index is 1.33. The van der Waals surface area contributed by atoms with Crippen LogP contribution in [0.5, 0.6) is 17.2 Å². The maximum absolute atomic E-state index is 12.7. The van der Waals surface area contributed by atoms with E-state index < -0.39 is 5.97 Å². The summed E-state index contributed by atoms with van der Waals surface area (Å²) in [5.74, 6) is 1.33. The summed E-state index contributed by atoms with van der Waals surface area (Å²) < 4.78 is 16.9.